The Labute approximate surface area is 99.5 Å². The normalized spacial score (nSPS) is 20.6. The second-order valence-electron chi connectivity index (χ2n) is 4.08. The van der Waals surface area contributed by atoms with Crippen molar-refractivity contribution in [1.29, 1.82) is 0 Å². The van der Waals surface area contributed by atoms with Crippen molar-refractivity contribution in [1.82, 2.24) is 4.90 Å². The lowest BCUT2D eigenvalue weighted by Gasteiger charge is -2.49. The Morgan fingerprint density at radius 2 is 1.94 bits per heavy atom. The van der Waals surface area contributed by atoms with E-state index in [2.05, 4.69) is 0 Å². The van der Waals surface area contributed by atoms with Crippen LogP contribution in [0.3, 0.4) is 0 Å². The number of carbonyl (C=O) groups is 2. The van der Waals surface area contributed by atoms with Gasteiger partial charge in [0.05, 0.1) is 13.1 Å². The Bertz CT molecular complexity index is 295. The van der Waals surface area contributed by atoms with E-state index in [1.165, 1.54) is 14.2 Å². The van der Waals surface area contributed by atoms with Crippen LogP contribution < -0.4 is 5.73 Å². The second-order valence-corrected chi connectivity index (χ2v) is 4.08. The van der Waals surface area contributed by atoms with Gasteiger partial charge in [-0.3, -0.25) is 14.5 Å². The highest BCUT2D eigenvalue weighted by atomic mass is 16.7. The molecule has 0 aromatic rings. The zero-order valence-electron chi connectivity index (χ0n) is 10.0. The summed E-state index contributed by atoms with van der Waals surface area (Å²) in [6.07, 6.45) is 0.259. The largest absolute Gasteiger partial charge is 0.480 e. The van der Waals surface area contributed by atoms with Crippen molar-refractivity contribution in [2.75, 3.05) is 27.3 Å². The molecular formula is C10H18N2O5. The third-order valence-corrected chi connectivity index (χ3v) is 3.02. The van der Waals surface area contributed by atoms with Crippen LogP contribution in [0.4, 0.5) is 0 Å². The number of hydrogen-bond acceptors (Lipinski definition) is 5. The maximum absolute atomic E-state index is 11.1. The van der Waals surface area contributed by atoms with Crippen LogP contribution >= 0.6 is 0 Å². The molecule has 0 aromatic carbocycles. The molecule has 17 heavy (non-hydrogen) atoms. The molecule has 1 heterocycles. The molecular weight excluding hydrogens is 228 g/mol. The molecule has 0 spiro atoms. The second kappa shape index (κ2) is 5.44. The van der Waals surface area contributed by atoms with Gasteiger partial charge in [0.15, 0.2) is 5.79 Å². The zero-order chi connectivity index (χ0) is 13.1. The van der Waals surface area contributed by atoms with Gasteiger partial charge in [0.25, 0.3) is 0 Å². The van der Waals surface area contributed by atoms with Crippen LogP contribution in [0.15, 0.2) is 0 Å². The summed E-state index contributed by atoms with van der Waals surface area (Å²) < 4.78 is 10.3. The molecule has 1 fully saturated rings. The fourth-order valence-electron chi connectivity index (χ4n) is 1.88. The maximum atomic E-state index is 11.1. The SMILES string of the molecule is COC1(OC)CN(C(CCC(N)=O)C(=O)O)C1. The Balaban J connectivity index is 2.52. The first-order valence-electron chi connectivity index (χ1n) is 5.29. The van der Waals surface area contributed by atoms with Crippen molar-refractivity contribution in [3.8, 4) is 0 Å². The smallest absolute Gasteiger partial charge is 0.320 e. The number of hydrogen-bond donors (Lipinski definition) is 2. The summed E-state index contributed by atoms with van der Waals surface area (Å²) in [6.45, 7) is 0.742. The van der Waals surface area contributed by atoms with Gasteiger partial charge in [0.2, 0.25) is 5.91 Å². The molecule has 3 N–H and O–H groups in total. The molecule has 0 aromatic heterocycles. The number of nitrogens with two attached hydrogens (primary N) is 1. The number of ether oxygens (including phenoxy) is 2. The Kier molecular flexibility index (Phi) is 4.44. The molecule has 1 saturated heterocycles. The number of rotatable bonds is 7. The fourth-order valence-corrected chi connectivity index (χ4v) is 1.88. The van der Waals surface area contributed by atoms with Gasteiger partial charge >= 0.3 is 5.97 Å². The molecule has 0 aliphatic carbocycles. The lowest BCUT2D eigenvalue weighted by Crippen LogP contribution is -2.67. The maximum Gasteiger partial charge on any atom is 0.320 e. The van der Waals surface area contributed by atoms with E-state index in [-0.39, 0.29) is 12.8 Å². The van der Waals surface area contributed by atoms with Crippen LogP contribution in [0.1, 0.15) is 12.8 Å². The molecule has 0 bridgehead atoms. The highest BCUT2D eigenvalue weighted by Crippen LogP contribution is 2.28. The average molecular weight is 246 g/mol. The minimum absolute atomic E-state index is 0.0560. The molecule has 1 aliphatic heterocycles. The molecule has 1 unspecified atom stereocenters. The highest BCUT2D eigenvalue weighted by molar-refractivity contribution is 5.77. The van der Waals surface area contributed by atoms with Crippen LogP contribution in [0.2, 0.25) is 0 Å². The van der Waals surface area contributed by atoms with Crippen molar-refractivity contribution in [3.63, 3.8) is 0 Å². The summed E-state index contributed by atoms with van der Waals surface area (Å²) in [4.78, 5) is 23.4. The number of carboxylic acid groups (broad SMARTS) is 1. The van der Waals surface area contributed by atoms with E-state index in [4.69, 9.17) is 20.3 Å². The summed E-state index contributed by atoms with van der Waals surface area (Å²) >= 11 is 0. The first kappa shape index (κ1) is 13.9. The minimum Gasteiger partial charge on any atom is -0.480 e. The number of carbonyl (C=O) groups excluding carboxylic acids is 1. The third kappa shape index (κ3) is 3.15. The topological polar surface area (TPSA) is 102 Å². The Morgan fingerprint density at radius 3 is 2.29 bits per heavy atom. The monoisotopic (exact) mass is 246 g/mol. The molecule has 0 saturated carbocycles. The van der Waals surface area contributed by atoms with Gasteiger partial charge < -0.3 is 20.3 Å². The molecule has 7 nitrogen and oxygen atoms in total. The predicted octanol–water partition coefficient (Wildman–Crippen LogP) is -0.990. The quantitative estimate of drug-likeness (QED) is 0.559. The molecule has 7 heteroatoms. The van der Waals surface area contributed by atoms with Gasteiger partial charge in [-0.1, -0.05) is 0 Å². The van der Waals surface area contributed by atoms with Crippen LogP contribution in [0.5, 0.6) is 0 Å². The van der Waals surface area contributed by atoms with Crippen LogP contribution in [-0.4, -0.2) is 61.0 Å². The molecule has 1 atom stereocenters. The molecule has 1 rings (SSSR count). The third-order valence-electron chi connectivity index (χ3n) is 3.02. The minimum atomic E-state index is -0.966. The first-order valence-corrected chi connectivity index (χ1v) is 5.29. The highest BCUT2D eigenvalue weighted by Gasteiger charge is 2.48. The summed E-state index contributed by atoms with van der Waals surface area (Å²) in [5.74, 6) is -2.19. The average Bonchev–Trinajstić information content (AvgIpc) is 2.20. The van der Waals surface area contributed by atoms with Crippen molar-refractivity contribution >= 4 is 11.9 Å². The number of likely N-dealkylation sites (tertiary alicyclic amines) is 1. The van der Waals surface area contributed by atoms with Crippen molar-refractivity contribution in [3.05, 3.63) is 0 Å². The molecule has 1 amide bonds. The van der Waals surface area contributed by atoms with Gasteiger partial charge in [-0.05, 0) is 6.42 Å². The van der Waals surface area contributed by atoms with Crippen molar-refractivity contribution in [2.24, 2.45) is 5.73 Å². The van der Waals surface area contributed by atoms with Gasteiger partial charge in [-0.25, -0.2) is 0 Å². The Hall–Kier alpha value is -1.18. The number of methoxy groups -OCH3 is 2. The van der Waals surface area contributed by atoms with Crippen molar-refractivity contribution < 1.29 is 24.2 Å². The number of aliphatic carboxylic acids is 1. The number of primary amides is 1. The number of carboxylic acids is 1. The molecule has 1 aliphatic rings. The van der Waals surface area contributed by atoms with E-state index in [0.29, 0.717) is 13.1 Å². The summed E-state index contributed by atoms with van der Waals surface area (Å²) in [5, 5.41) is 9.06. The van der Waals surface area contributed by atoms with E-state index in [0.717, 1.165) is 0 Å². The van der Waals surface area contributed by atoms with E-state index < -0.39 is 23.7 Å². The van der Waals surface area contributed by atoms with E-state index in [9.17, 15) is 9.59 Å². The van der Waals surface area contributed by atoms with Gasteiger partial charge in [0.1, 0.15) is 6.04 Å². The summed E-state index contributed by atoms with van der Waals surface area (Å²) in [7, 11) is 3.03. The lowest BCUT2D eigenvalue weighted by atomic mass is 10.0. The van der Waals surface area contributed by atoms with Crippen molar-refractivity contribution in [2.45, 2.75) is 24.7 Å². The standard InChI is InChI=1S/C10H18N2O5/c1-16-10(17-2)5-12(6-10)7(9(14)15)3-4-8(11)13/h7H,3-6H2,1-2H3,(H2,11,13)(H,14,15). The Morgan fingerprint density at radius 1 is 1.41 bits per heavy atom. The first-order chi connectivity index (χ1) is 7.94. The van der Waals surface area contributed by atoms with E-state index in [1.54, 1.807) is 4.90 Å². The van der Waals surface area contributed by atoms with E-state index >= 15 is 0 Å². The van der Waals surface area contributed by atoms with Crippen LogP contribution in [-0.2, 0) is 19.1 Å². The predicted molar refractivity (Wildman–Crippen MR) is 58.2 cm³/mol. The molecule has 0 radical (unpaired) electrons. The van der Waals surface area contributed by atoms with Gasteiger partial charge in [-0.2, -0.15) is 0 Å². The van der Waals surface area contributed by atoms with E-state index in [1.807, 2.05) is 0 Å². The molecule has 98 valence electrons. The lowest BCUT2D eigenvalue weighted by molar-refractivity contribution is -0.281. The summed E-state index contributed by atoms with van der Waals surface area (Å²) in [6, 6.07) is -0.721. The van der Waals surface area contributed by atoms with Crippen LogP contribution in [0, 0.1) is 0 Å². The fraction of sp³-hybridized carbons (Fsp3) is 0.800. The summed E-state index contributed by atoms with van der Waals surface area (Å²) in [5.41, 5.74) is 5.01. The number of amides is 1. The number of nitrogens with zero attached hydrogens (tertiary/aromatic N) is 1. The van der Waals surface area contributed by atoms with Crippen LogP contribution in [0.25, 0.3) is 0 Å². The van der Waals surface area contributed by atoms with Gasteiger partial charge in [0, 0.05) is 20.6 Å². The van der Waals surface area contributed by atoms with Gasteiger partial charge in [-0.15, -0.1) is 0 Å². The zero-order valence-corrected chi connectivity index (χ0v) is 10.0.